The van der Waals surface area contributed by atoms with Gasteiger partial charge in [-0.2, -0.15) is 4.98 Å². The summed E-state index contributed by atoms with van der Waals surface area (Å²) in [5, 5.41) is 6.97. The number of rotatable bonds is 9. The number of carbonyl (C=O) groups is 1. The third kappa shape index (κ3) is 5.19. The van der Waals surface area contributed by atoms with Crippen LogP contribution in [0.15, 0.2) is 65.2 Å². The van der Waals surface area contributed by atoms with Crippen LogP contribution >= 0.6 is 0 Å². The van der Waals surface area contributed by atoms with Crippen molar-refractivity contribution in [2.24, 2.45) is 0 Å². The van der Waals surface area contributed by atoms with Crippen molar-refractivity contribution >= 4 is 11.6 Å². The van der Waals surface area contributed by atoms with Crippen LogP contribution in [-0.4, -0.2) is 44.5 Å². The summed E-state index contributed by atoms with van der Waals surface area (Å²) in [6, 6.07) is 18.1. The zero-order valence-corrected chi connectivity index (χ0v) is 19.8. The number of ether oxygens (including phenoxy) is 4. The Labute approximate surface area is 202 Å². The lowest BCUT2D eigenvalue weighted by Gasteiger charge is -2.12. The molecular weight excluding hydrogens is 450 g/mol. The second-order valence-corrected chi connectivity index (χ2v) is 7.45. The van der Waals surface area contributed by atoms with Gasteiger partial charge in [-0.1, -0.05) is 23.4 Å². The van der Waals surface area contributed by atoms with Crippen LogP contribution in [-0.2, 0) is 11.2 Å². The van der Waals surface area contributed by atoms with Gasteiger partial charge in [0.15, 0.2) is 11.5 Å². The van der Waals surface area contributed by atoms with Crippen LogP contribution in [0.25, 0.3) is 22.8 Å². The van der Waals surface area contributed by atoms with Gasteiger partial charge in [-0.15, -0.1) is 0 Å². The van der Waals surface area contributed by atoms with Crippen LogP contribution in [0.4, 0.5) is 5.69 Å². The lowest BCUT2D eigenvalue weighted by molar-refractivity contribution is -0.115. The first-order valence-corrected chi connectivity index (χ1v) is 10.7. The minimum absolute atomic E-state index is 0.147. The molecule has 0 atom stereocenters. The molecule has 1 amide bonds. The number of anilines is 1. The fourth-order valence-electron chi connectivity index (χ4n) is 3.59. The number of carbonyl (C=O) groups excluding carboxylic acids is 1. The fraction of sp³-hybridized carbons (Fsp3) is 0.192. The number of nitrogens with zero attached hydrogens (tertiary/aromatic N) is 2. The van der Waals surface area contributed by atoms with Gasteiger partial charge in [-0.3, -0.25) is 4.79 Å². The molecule has 1 heterocycles. The molecule has 4 aromatic rings. The molecule has 180 valence electrons. The van der Waals surface area contributed by atoms with Gasteiger partial charge < -0.3 is 28.8 Å². The van der Waals surface area contributed by atoms with Crippen LogP contribution < -0.4 is 24.3 Å². The van der Waals surface area contributed by atoms with Crippen molar-refractivity contribution in [2.45, 2.75) is 6.42 Å². The molecule has 0 spiro atoms. The Hall–Kier alpha value is -4.53. The number of amides is 1. The van der Waals surface area contributed by atoms with Gasteiger partial charge in [0, 0.05) is 22.4 Å². The predicted octanol–water partition coefficient (Wildman–Crippen LogP) is 4.62. The number of nitrogens with one attached hydrogen (secondary N) is 1. The summed E-state index contributed by atoms with van der Waals surface area (Å²) >= 11 is 0. The highest BCUT2D eigenvalue weighted by Crippen LogP contribution is 2.41. The van der Waals surface area contributed by atoms with Gasteiger partial charge >= 0.3 is 0 Å². The minimum atomic E-state index is -0.147. The minimum Gasteiger partial charge on any atom is -0.496 e. The van der Waals surface area contributed by atoms with E-state index in [4.69, 9.17) is 23.5 Å². The molecule has 1 aromatic heterocycles. The third-order valence-corrected chi connectivity index (χ3v) is 5.31. The normalized spacial score (nSPS) is 10.5. The zero-order chi connectivity index (χ0) is 24.8. The highest BCUT2D eigenvalue weighted by molar-refractivity contribution is 5.92. The van der Waals surface area contributed by atoms with Crippen molar-refractivity contribution in [1.82, 2.24) is 10.1 Å². The van der Waals surface area contributed by atoms with E-state index in [9.17, 15) is 4.79 Å². The maximum absolute atomic E-state index is 12.5. The molecule has 0 aliphatic heterocycles. The van der Waals surface area contributed by atoms with Crippen molar-refractivity contribution in [3.8, 4) is 45.8 Å². The Morgan fingerprint density at radius 1 is 0.829 bits per heavy atom. The second kappa shape index (κ2) is 10.6. The fourth-order valence-corrected chi connectivity index (χ4v) is 3.59. The van der Waals surface area contributed by atoms with E-state index in [1.165, 1.54) is 21.3 Å². The van der Waals surface area contributed by atoms with E-state index in [1.807, 2.05) is 36.4 Å². The molecule has 4 rings (SSSR count). The number of methoxy groups -OCH3 is 4. The first-order chi connectivity index (χ1) is 17.1. The van der Waals surface area contributed by atoms with Gasteiger partial charge in [0.2, 0.25) is 17.5 Å². The quantitative estimate of drug-likeness (QED) is 0.374. The Balaban J connectivity index is 1.48. The van der Waals surface area contributed by atoms with Gasteiger partial charge in [-0.25, -0.2) is 0 Å². The van der Waals surface area contributed by atoms with Gasteiger partial charge in [0.25, 0.3) is 5.89 Å². The molecule has 0 unspecified atom stereocenters. The molecule has 35 heavy (non-hydrogen) atoms. The first-order valence-electron chi connectivity index (χ1n) is 10.7. The highest BCUT2D eigenvalue weighted by atomic mass is 16.5. The van der Waals surface area contributed by atoms with E-state index in [0.717, 1.165) is 11.1 Å². The number of aromatic nitrogens is 2. The van der Waals surface area contributed by atoms with Gasteiger partial charge in [-0.05, 0) is 42.5 Å². The standard InChI is InChI=1S/C26H25N3O6/c1-31-20-8-6-5-7-17(20)15-23(30)27-19-11-9-16(10-12-19)25-28-26(35-29-25)18-13-21(32-2)24(34-4)22(14-18)33-3/h5-14H,15H2,1-4H3,(H,27,30). The molecule has 0 fully saturated rings. The number of hydrogen-bond donors (Lipinski definition) is 1. The summed E-state index contributed by atoms with van der Waals surface area (Å²) in [5.41, 5.74) is 2.82. The van der Waals surface area contributed by atoms with E-state index >= 15 is 0 Å². The molecule has 0 aliphatic rings. The molecule has 0 bridgehead atoms. The summed E-state index contributed by atoms with van der Waals surface area (Å²) in [7, 11) is 6.20. The van der Waals surface area contributed by atoms with Crippen molar-refractivity contribution in [2.75, 3.05) is 33.8 Å². The summed E-state index contributed by atoms with van der Waals surface area (Å²) < 4.78 is 26.9. The monoisotopic (exact) mass is 475 g/mol. The molecular formula is C26H25N3O6. The summed E-state index contributed by atoms with van der Waals surface area (Å²) in [6.45, 7) is 0. The largest absolute Gasteiger partial charge is 0.496 e. The van der Waals surface area contributed by atoms with Crippen LogP contribution in [0, 0.1) is 0 Å². The van der Waals surface area contributed by atoms with E-state index in [2.05, 4.69) is 15.5 Å². The maximum atomic E-state index is 12.5. The smallest absolute Gasteiger partial charge is 0.258 e. The SMILES string of the molecule is COc1ccccc1CC(=O)Nc1ccc(-c2noc(-c3cc(OC)c(OC)c(OC)c3)n2)cc1. The van der Waals surface area contributed by atoms with E-state index in [-0.39, 0.29) is 12.3 Å². The van der Waals surface area contributed by atoms with E-state index < -0.39 is 0 Å². The van der Waals surface area contributed by atoms with Gasteiger partial charge in [0.05, 0.1) is 34.9 Å². The molecule has 0 radical (unpaired) electrons. The molecule has 9 nitrogen and oxygen atoms in total. The van der Waals surface area contributed by atoms with E-state index in [1.54, 1.807) is 31.4 Å². The van der Waals surface area contributed by atoms with Crippen molar-refractivity contribution < 1.29 is 28.3 Å². The Bertz CT molecular complexity index is 1290. The topological polar surface area (TPSA) is 105 Å². The van der Waals surface area contributed by atoms with Crippen LogP contribution in [0.5, 0.6) is 23.0 Å². The molecule has 0 aliphatic carbocycles. The highest BCUT2D eigenvalue weighted by Gasteiger charge is 2.18. The van der Waals surface area contributed by atoms with Crippen LogP contribution in [0.1, 0.15) is 5.56 Å². The first kappa shape index (κ1) is 23.6. The lowest BCUT2D eigenvalue weighted by atomic mass is 10.1. The Morgan fingerprint density at radius 2 is 1.49 bits per heavy atom. The van der Waals surface area contributed by atoms with Gasteiger partial charge in [0.1, 0.15) is 5.75 Å². The molecule has 9 heteroatoms. The van der Waals surface area contributed by atoms with Crippen LogP contribution in [0.3, 0.4) is 0 Å². The predicted molar refractivity (Wildman–Crippen MR) is 130 cm³/mol. The maximum Gasteiger partial charge on any atom is 0.258 e. The molecule has 1 N–H and O–H groups in total. The summed E-state index contributed by atoms with van der Waals surface area (Å²) in [5.74, 6) is 2.67. The molecule has 0 saturated heterocycles. The van der Waals surface area contributed by atoms with Crippen molar-refractivity contribution in [1.29, 1.82) is 0 Å². The van der Waals surface area contributed by atoms with Crippen molar-refractivity contribution in [3.63, 3.8) is 0 Å². The molecule has 3 aromatic carbocycles. The zero-order valence-electron chi connectivity index (χ0n) is 19.8. The summed E-state index contributed by atoms with van der Waals surface area (Å²) in [6.07, 6.45) is 0.203. The average molecular weight is 476 g/mol. The van der Waals surface area contributed by atoms with Crippen LogP contribution in [0.2, 0.25) is 0 Å². The second-order valence-electron chi connectivity index (χ2n) is 7.45. The number of hydrogen-bond acceptors (Lipinski definition) is 8. The lowest BCUT2D eigenvalue weighted by Crippen LogP contribution is -2.14. The summed E-state index contributed by atoms with van der Waals surface area (Å²) in [4.78, 5) is 17.0. The average Bonchev–Trinajstić information content (AvgIpc) is 3.39. The Kier molecular flexibility index (Phi) is 7.15. The van der Waals surface area contributed by atoms with E-state index in [0.29, 0.717) is 46.0 Å². The van der Waals surface area contributed by atoms with Crippen molar-refractivity contribution in [3.05, 3.63) is 66.2 Å². The Morgan fingerprint density at radius 3 is 2.11 bits per heavy atom. The third-order valence-electron chi connectivity index (χ3n) is 5.31. The number of para-hydroxylation sites is 1. The number of benzene rings is 3. The molecule has 0 saturated carbocycles.